The molecule has 2 atom stereocenters. The molecule has 4 aromatic carbocycles. The van der Waals surface area contributed by atoms with Crippen molar-refractivity contribution >= 4 is 30.6 Å². The van der Waals surface area contributed by atoms with Crippen LogP contribution in [0.4, 0.5) is 0 Å². The summed E-state index contributed by atoms with van der Waals surface area (Å²) >= 11 is 0. The van der Waals surface area contributed by atoms with Crippen molar-refractivity contribution in [2.24, 2.45) is 0 Å². The molecule has 9 heteroatoms. The molecule has 0 aromatic heterocycles. The van der Waals surface area contributed by atoms with E-state index in [1.165, 1.54) is 10.4 Å². The first kappa shape index (κ1) is 35.9. The summed E-state index contributed by atoms with van der Waals surface area (Å²) in [6.45, 7) is 9.31. The second-order valence-electron chi connectivity index (χ2n) is 13.8. The molecule has 5 rings (SSSR count). The Hall–Kier alpha value is -4.44. The van der Waals surface area contributed by atoms with Crippen LogP contribution in [0.5, 0.6) is 11.5 Å². The van der Waals surface area contributed by atoms with E-state index in [1.54, 1.807) is 21.1 Å². The smallest absolute Gasteiger partial charge is 0.326 e. The highest BCUT2D eigenvalue weighted by molar-refractivity contribution is 6.99. The second kappa shape index (κ2) is 15.0. The number of carboxylic acid groups (broad SMARTS) is 1. The average molecular weight is 682 g/mol. The number of rotatable bonds is 13. The largest absolute Gasteiger partial charge is 0.496 e. The zero-order chi connectivity index (χ0) is 35.2. The third kappa shape index (κ3) is 7.59. The summed E-state index contributed by atoms with van der Waals surface area (Å²) in [7, 11) is 0.494. The SMILES string of the molecule is COc1cc(CO[Si](c2ccccc2)(c2ccccc2)C(C)(C)C)cc(OC)c1-c1ccc(C[C@H](NC(=O)[C@@]2(C)CCCO2)C(=O)O)cc1. The van der Waals surface area contributed by atoms with Crippen molar-refractivity contribution in [1.29, 1.82) is 0 Å². The van der Waals surface area contributed by atoms with Crippen LogP contribution in [0.2, 0.25) is 5.04 Å². The van der Waals surface area contributed by atoms with Crippen LogP contribution in [0, 0.1) is 0 Å². The monoisotopic (exact) mass is 681 g/mol. The van der Waals surface area contributed by atoms with Crippen molar-refractivity contribution in [2.45, 2.75) is 70.2 Å². The van der Waals surface area contributed by atoms with Crippen LogP contribution in [0.25, 0.3) is 11.1 Å². The molecule has 49 heavy (non-hydrogen) atoms. The number of amides is 1. The summed E-state index contributed by atoms with van der Waals surface area (Å²) in [4.78, 5) is 24.9. The molecule has 258 valence electrons. The number of nitrogens with one attached hydrogen (secondary N) is 1. The van der Waals surface area contributed by atoms with E-state index < -0.39 is 31.8 Å². The first-order chi connectivity index (χ1) is 23.4. The van der Waals surface area contributed by atoms with Crippen LogP contribution in [0.15, 0.2) is 97.1 Å². The van der Waals surface area contributed by atoms with Crippen molar-refractivity contribution in [3.8, 4) is 22.6 Å². The summed E-state index contributed by atoms with van der Waals surface area (Å²) in [5.41, 5.74) is 2.31. The Morgan fingerprint density at radius 3 is 1.88 bits per heavy atom. The van der Waals surface area contributed by atoms with Gasteiger partial charge < -0.3 is 29.1 Å². The van der Waals surface area contributed by atoms with Crippen LogP contribution in [0.1, 0.15) is 51.7 Å². The maximum Gasteiger partial charge on any atom is 0.326 e. The molecule has 4 aromatic rings. The van der Waals surface area contributed by atoms with Gasteiger partial charge in [0.25, 0.3) is 14.2 Å². The van der Waals surface area contributed by atoms with E-state index >= 15 is 0 Å². The zero-order valence-electron chi connectivity index (χ0n) is 29.2. The van der Waals surface area contributed by atoms with Crippen LogP contribution in [0.3, 0.4) is 0 Å². The Kier molecular flexibility index (Phi) is 11.0. The van der Waals surface area contributed by atoms with Gasteiger partial charge in [-0.3, -0.25) is 4.79 Å². The number of aliphatic carboxylic acids is 1. The lowest BCUT2D eigenvalue weighted by Crippen LogP contribution is -2.66. The summed E-state index contributed by atoms with van der Waals surface area (Å²) in [6.07, 6.45) is 1.46. The quantitative estimate of drug-likeness (QED) is 0.164. The summed E-state index contributed by atoms with van der Waals surface area (Å²) in [6, 6.07) is 31.5. The van der Waals surface area contributed by atoms with Gasteiger partial charge >= 0.3 is 5.97 Å². The van der Waals surface area contributed by atoms with E-state index in [1.807, 2.05) is 48.5 Å². The highest BCUT2D eigenvalue weighted by Gasteiger charge is 2.50. The predicted molar refractivity (Wildman–Crippen MR) is 194 cm³/mol. The summed E-state index contributed by atoms with van der Waals surface area (Å²) in [5, 5.41) is 14.8. The van der Waals surface area contributed by atoms with E-state index in [0.29, 0.717) is 31.1 Å². The number of methoxy groups -OCH3 is 2. The van der Waals surface area contributed by atoms with Crippen molar-refractivity contribution < 1.29 is 33.3 Å². The second-order valence-corrected chi connectivity index (χ2v) is 18.1. The molecule has 0 radical (unpaired) electrons. The van der Waals surface area contributed by atoms with Gasteiger partial charge in [-0.05, 0) is 64.0 Å². The number of carbonyl (C=O) groups is 2. The molecule has 0 spiro atoms. The molecule has 1 aliphatic heterocycles. The van der Waals surface area contributed by atoms with E-state index in [4.69, 9.17) is 18.6 Å². The molecule has 0 unspecified atom stereocenters. The van der Waals surface area contributed by atoms with E-state index in [-0.39, 0.29) is 11.5 Å². The molecule has 1 fully saturated rings. The van der Waals surface area contributed by atoms with E-state index in [0.717, 1.165) is 28.7 Å². The molecule has 1 heterocycles. The number of benzene rings is 4. The predicted octanol–water partition coefficient (Wildman–Crippen LogP) is 6.13. The van der Waals surface area contributed by atoms with Crippen LogP contribution >= 0.6 is 0 Å². The number of ether oxygens (including phenoxy) is 3. The maximum atomic E-state index is 12.8. The number of hydrogen-bond donors (Lipinski definition) is 2. The van der Waals surface area contributed by atoms with Crippen LogP contribution < -0.4 is 25.2 Å². The molecular formula is C40H47NO7Si. The average Bonchev–Trinajstić information content (AvgIpc) is 3.56. The lowest BCUT2D eigenvalue weighted by Gasteiger charge is -2.43. The molecule has 0 aliphatic carbocycles. The van der Waals surface area contributed by atoms with E-state index in [9.17, 15) is 14.7 Å². The maximum absolute atomic E-state index is 12.8. The third-order valence-electron chi connectivity index (χ3n) is 9.42. The Morgan fingerprint density at radius 1 is 0.878 bits per heavy atom. The zero-order valence-corrected chi connectivity index (χ0v) is 30.2. The highest BCUT2D eigenvalue weighted by Crippen LogP contribution is 2.41. The summed E-state index contributed by atoms with van der Waals surface area (Å²) in [5.74, 6) is -0.233. The van der Waals surface area contributed by atoms with Crippen molar-refractivity contribution in [3.05, 3.63) is 108 Å². The minimum atomic E-state index is -2.77. The van der Waals surface area contributed by atoms with E-state index in [2.05, 4.69) is 74.6 Å². The van der Waals surface area contributed by atoms with Crippen molar-refractivity contribution in [2.75, 3.05) is 20.8 Å². The lowest BCUT2D eigenvalue weighted by molar-refractivity contribution is -0.147. The molecule has 1 saturated heterocycles. The minimum absolute atomic E-state index is 0.129. The van der Waals surface area contributed by atoms with Gasteiger partial charge in [-0.2, -0.15) is 0 Å². The Bertz CT molecular complexity index is 1670. The molecular weight excluding hydrogens is 635 g/mol. The fourth-order valence-corrected chi connectivity index (χ4v) is 11.3. The van der Waals surface area contributed by atoms with Gasteiger partial charge in [0, 0.05) is 13.0 Å². The Morgan fingerprint density at radius 2 is 1.43 bits per heavy atom. The third-order valence-corrected chi connectivity index (χ3v) is 14.4. The van der Waals surface area contributed by atoms with Crippen molar-refractivity contribution in [1.82, 2.24) is 5.32 Å². The Balaban J connectivity index is 1.41. The first-order valence-corrected chi connectivity index (χ1v) is 18.6. The molecule has 8 nitrogen and oxygen atoms in total. The molecule has 1 amide bonds. The molecule has 1 aliphatic rings. The normalized spacial score (nSPS) is 16.9. The van der Waals surface area contributed by atoms with Gasteiger partial charge in [-0.15, -0.1) is 0 Å². The summed E-state index contributed by atoms with van der Waals surface area (Å²) < 4.78 is 24.6. The lowest BCUT2D eigenvalue weighted by atomic mass is 9.97. The van der Waals surface area contributed by atoms with Gasteiger partial charge in [0.05, 0.1) is 26.4 Å². The number of carbonyl (C=O) groups excluding carboxylic acids is 1. The van der Waals surface area contributed by atoms with Gasteiger partial charge in [0.2, 0.25) is 0 Å². The van der Waals surface area contributed by atoms with Gasteiger partial charge in [-0.1, -0.05) is 106 Å². The molecule has 0 saturated carbocycles. The fourth-order valence-electron chi connectivity index (χ4n) is 6.80. The Labute approximate surface area is 290 Å². The van der Waals surface area contributed by atoms with Gasteiger partial charge in [0.15, 0.2) is 0 Å². The molecule has 0 bridgehead atoms. The first-order valence-electron chi connectivity index (χ1n) is 16.7. The fraction of sp³-hybridized carbons (Fsp3) is 0.350. The van der Waals surface area contributed by atoms with Gasteiger partial charge in [-0.25, -0.2) is 4.79 Å². The van der Waals surface area contributed by atoms with Crippen LogP contribution in [-0.2, 0) is 31.8 Å². The minimum Gasteiger partial charge on any atom is -0.496 e. The van der Waals surface area contributed by atoms with Gasteiger partial charge in [0.1, 0.15) is 23.1 Å². The standard InChI is InChI=1S/C40H47NO7Si/c1-39(2,3)49(31-14-9-7-10-15-31,32-16-11-8-12-17-32)48-27-29-25-34(45-5)36(35(26-29)46-6)30-20-18-28(19-21-30)24-33(37(42)43)41-38(44)40(4)22-13-23-47-40/h7-12,14-21,25-26,33H,13,22-24,27H2,1-6H3,(H,41,44)(H,42,43)/t33-,40+/m0/s1. The number of hydrogen-bond acceptors (Lipinski definition) is 6. The highest BCUT2D eigenvalue weighted by atomic mass is 28.4. The van der Waals surface area contributed by atoms with Crippen molar-refractivity contribution in [3.63, 3.8) is 0 Å². The molecule has 2 N–H and O–H groups in total. The van der Waals surface area contributed by atoms with Crippen LogP contribution in [-0.4, -0.2) is 57.8 Å². The topological polar surface area (TPSA) is 103 Å². The number of carboxylic acids is 1.